The second-order valence-electron chi connectivity index (χ2n) is 3.73. The fourth-order valence-electron chi connectivity index (χ4n) is 1.22. The molecule has 5 nitrogen and oxygen atoms in total. The van der Waals surface area contributed by atoms with Gasteiger partial charge in [0.2, 0.25) is 0 Å². The number of rotatable bonds is 6. The topological polar surface area (TPSA) is 75.6 Å². The highest BCUT2D eigenvalue weighted by Gasteiger charge is 2.09. The first-order chi connectivity index (χ1) is 7.97. The molecule has 0 saturated carbocycles. The number of aliphatic hydroxyl groups excluding tert-OH is 1. The van der Waals surface area contributed by atoms with Crippen LogP contribution in [-0.2, 0) is 9.84 Å². The van der Waals surface area contributed by atoms with Crippen molar-refractivity contribution in [3.05, 3.63) is 24.3 Å². The summed E-state index contributed by atoms with van der Waals surface area (Å²) < 4.78 is 28.1. The molecule has 1 unspecified atom stereocenters. The van der Waals surface area contributed by atoms with Crippen molar-refractivity contribution in [2.45, 2.75) is 10.9 Å². The summed E-state index contributed by atoms with van der Waals surface area (Å²) in [6.45, 7) is 0.239. The van der Waals surface area contributed by atoms with E-state index >= 15 is 0 Å². The molecule has 0 aliphatic carbocycles. The van der Waals surface area contributed by atoms with Gasteiger partial charge in [0, 0.05) is 6.26 Å². The first-order valence-electron chi connectivity index (χ1n) is 5.18. The van der Waals surface area contributed by atoms with Crippen molar-refractivity contribution in [2.75, 3.05) is 26.5 Å². The summed E-state index contributed by atoms with van der Waals surface area (Å²) in [6, 6.07) is 6.12. The zero-order valence-corrected chi connectivity index (χ0v) is 10.7. The highest BCUT2D eigenvalue weighted by molar-refractivity contribution is 7.90. The van der Waals surface area contributed by atoms with Gasteiger partial charge in [0.05, 0.1) is 17.5 Å². The Morgan fingerprint density at radius 2 is 2.18 bits per heavy atom. The van der Waals surface area contributed by atoms with Crippen molar-refractivity contribution < 1.29 is 18.3 Å². The van der Waals surface area contributed by atoms with E-state index in [1.807, 2.05) is 0 Å². The molecule has 17 heavy (non-hydrogen) atoms. The lowest BCUT2D eigenvalue weighted by Crippen LogP contribution is -2.34. The van der Waals surface area contributed by atoms with Crippen molar-refractivity contribution >= 4 is 9.84 Å². The van der Waals surface area contributed by atoms with Gasteiger partial charge >= 0.3 is 0 Å². The van der Waals surface area contributed by atoms with Crippen molar-refractivity contribution in [1.29, 1.82) is 0 Å². The number of hydrogen-bond acceptors (Lipinski definition) is 5. The molecule has 6 heteroatoms. The van der Waals surface area contributed by atoms with E-state index in [1.165, 1.54) is 12.1 Å². The van der Waals surface area contributed by atoms with Crippen LogP contribution in [-0.4, -0.2) is 46.1 Å². The molecular weight excluding hydrogens is 242 g/mol. The Morgan fingerprint density at radius 3 is 2.71 bits per heavy atom. The molecule has 1 aromatic carbocycles. The van der Waals surface area contributed by atoms with Crippen molar-refractivity contribution in [1.82, 2.24) is 5.32 Å². The van der Waals surface area contributed by atoms with Gasteiger partial charge in [0.25, 0.3) is 0 Å². The van der Waals surface area contributed by atoms with Crippen LogP contribution in [0.3, 0.4) is 0 Å². The minimum absolute atomic E-state index is 0.0394. The molecular formula is C11H17NO4S. The molecule has 96 valence electrons. The summed E-state index contributed by atoms with van der Waals surface area (Å²) in [5.74, 6) is 0.474. The molecule has 0 fully saturated rings. The maximum absolute atomic E-state index is 11.3. The zero-order chi connectivity index (χ0) is 12.9. The van der Waals surface area contributed by atoms with Crippen LogP contribution >= 0.6 is 0 Å². The van der Waals surface area contributed by atoms with Gasteiger partial charge in [-0.15, -0.1) is 0 Å². The van der Waals surface area contributed by atoms with Crippen LogP contribution in [0.4, 0.5) is 0 Å². The lowest BCUT2D eigenvalue weighted by atomic mass is 10.3. The summed E-state index contributed by atoms with van der Waals surface area (Å²) in [7, 11) is -1.50. The molecule has 0 spiro atoms. The van der Waals surface area contributed by atoms with Crippen molar-refractivity contribution in [2.24, 2.45) is 0 Å². The fourth-order valence-corrected chi connectivity index (χ4v) is 1.87. The first-order valence-corrected chi connectivity index (χ1v) is 7.07. The average molecular weight is 259 g/mol. The smallest absolute Gasteiger partial charge is 0.175 e. The number of hydrogen-bond donors (Lipinski definition) is 2. The van der Waals surface area contributed by atoms with Gasteiger partial charge < -0.3 is 15.2 Å². The van der Waals surface area contributed by atoms with Gasteiger partial charge in [-0.05, 0) is 25.2 Å². The van der Waals surface area contributed by atoms with Crippen LogP contribution in [0, 0.1) is 0 Å². The predicted octanol–water partition coefficient (Wildman–Crippen LogP) is 0.0492. The first kappa shape index (κ1) is 14.0. The molecule has 1 atom stereocenters. The van der Waals surface area contributed by atoms with Crippen molar-refractivity contribution in [3.63, 3.8) is 0 Å². The van der Waals surface area contributed by atoms with Crippen LogP contribution < -0.4 is 10.1 Å². The molecule has 0 aliphatic rings. The standard InChI is InChI=1S/C11H17NO4S/c1-12-9(7-13)8-16-10-4-3-5-11(6-10)17(2,14)15/h3-6,9,12-13H,7-8H2,1-2H3. The molecule has 0 radical (unpaired) electrons. The maximum Gasteiger partial charge on any atom is 0.175 e. The Balaban J connectivity index is 2.73. The third-order valence-corrected chi connectivity index (χ3v) is 3.42. The number of ether oxygens (including phenoxy) is 1. The molecule has 1 rings (SSSR count). The normalized spacial score (nSPS) is 13.4. The minimum Gasteiger partial charge on any atom is -0.492 e. The lowest BCUT2D eigenvalue weighted by Gasteiger charge is -2.14. The Bertz CT molecular complexity index is 454. The summed E-state index contributed by atoms with van der Waals surface area (Å²) in [6.07, 6.45) is 1.15. The van der Waals surface area contributed by atoms with E-state index in [1.54, 1.807) is 19.2 Å². The molecule has 0 amide bonds. The van der Waals surface area contributed by atoms with Gasteiger partial charge in [-0.25, -0.2) is 8.42 Å². The summed E-state index contributed by atoms with van der Waals surface area (Å²) >= 11 is 0. The lowest BCUT2D eigenvalue weighted by molar-refractivity contribution is 0.188. The average Bonchev–Trinajstić information content (AvgIpc) is 2.30. The number of aliphatic hydroxyl groups is 1. The van der Waals surface area contributed by atoms with E-state index in [2.05, 4.69) is 5.32 Å². The summed E-state index contributed by atoms with van der Waals surface area (Å²) in [5, 5.41) is 11.8. The molecule has 0 heterocycles. The quantitative estimate of drug-likeness (QED) is 0.755. The molecule has 2 N–H and O–H groups in total. The van der Waals surface area contributed by atoms with Crippen LogP contribution in [0.2, 0.25) is 0 Å². The highest BCUT2D eigenvalue weighted by atomic mass is 32.2. The van der Waals surface area contributed by atoms with Crippen LogP contribution in [0.1, 0.15) is 0 Å². The Hall–Kier alpha value is -1.11. The maximum atomic E-state index is 11.3. The second-order valence-corrected chi connectivity index (χ2v) is 5.74. The van der Waals surface area contributed by atoms with Crippen molar-refractivity contribution in [3.8, 4) is 5.75 Å². The van der Waals surface area contributed by atoms with E-state index in [0.717, 1.165) is 6.26 Å². The zero-order valence-electron chi connectivity index (χ0n) is 9.88. The Morgan fingerprint density at radius 1 is 1.47 bits per heavy atom. The number of sulfone groups is 1. The molecule has 0 bridgehead atoms. The van der Waals surface area contributed by atoms with Crippen LogP contribution in [0.15, 0.2) is 29.2 Å². The second kappa shape index (κ2) is 6.00. The predicted molar refractivity (Wildman–Crippen MR) is 65.0 cm³/mol. The number of benzene rings is 1. The van der Waals surface area contributed by atoms with E-state index in [4.69, 9.17) is 9.84 Å². The van der Waals surface area contributed by atoms with Gasteiger partial charge in [-0.2, -0.15) is 0 Å². The van der Waals surface area contributed by atoms with Gasteiger partial charge in [-0.3, -0.25) is 0 Å². The monoisotopic (exact) mass is 259 g/mol. The van der Waals surface area contributed by atoms with E-state index in [0.29, 0.717) is 5.75 Å². The van der Waals surface area contributed by atoms with Crippen LogP contribution in [0.25, 0.3) is 0 Å². The highest BCUT2D eigenvalue weighted by Crippen LogP contribution is 2.17. The fraction of sp³-hybridized carbons (Fsp3) is 0.455. The molecule has 0 aliphatic heterocycles. The third kappa shape index (κ3) is 4.33. The van der Waals surface area contributed by atoms with Gasteiger partial charge in [-0.1, -0.05) is 6.07 Å². The Labute approximate surface area is 101 Å². The Kier molecular flexibility index (Phi) is 4.92. The van der Waals surface area contributed by atoms with E-state index < -0.39 is 9.84 Å². The summed E-state index contributed by atoms with van der Waals surface area (Å²) in [5.41, 5.74) is 0. The van der Waals surface area contributed by atoms with E-state index in [9.17, 15) is 8.42 Å². The molecule has 1 aromatic rings. The molecule has 0 aromatic heterocycles. The largest absolute Gasteiger partial charge is 0.492 e. The molecule has 0 saturated heterocycles. The number of nitrogens with one attached hydrogen (secondary N) is 1. The van der Waals surface area contributed by atoms with Crippen LogP contribution in [0.5, 0.6) is 5.75 Å². The minimum atomic E-state index is -3.22. The SMILES string of the molecule is CNC(CO)COc1cccc(S(C)(=O)=O)c1. The third-order valence-electron chi connectivity index (χ3n) is 2.31. The number of likely N-dealkylation sites (N-methyl/N-ethyl adjacent to an activating group) is 1. The van der Waals surface area contributed by atoms with Gasteiger partial charge in [0.15, 0.2) is 9.84 Å². The van der Waals surface area contributed by atoms with E-state index in [-0.39, 0.29) is 24.2 Å². The van der Waals surface area contributed by atoms with Gasteiger partial charge in [0.1, 0.15) is 12.4 Å². The summed E-state index contributed by atoms with van der Waals surface area (Å²) in [4.78, 5) is 0.222.